The number of H-pyrrole nitrogens is 1. The number of para-hydroxylation sites is 1. The molecule has 3 heterocycles. The monoisotopic (exact) mass is 390 g/mol. The van der Waals surface area contributed by atoms with Gasteiger partial charge in [0.15, 0.2) is 0 Å². The highest BCUT2D eigenvalue weighted by Gasteiger charge is 2.34. The number of carbonyl (C=O) groups is 1. The highest BCUT2D eigenvalue weighted by atomic mass is 79.9. The van der Waals surface area contributed by atoms with Crippen molar-refractivity contribution in [3.8, 4) is 0 Å². The third kappa shape index (κ3) is 2.51. The molecular formula is C17H15BrN2O2S. The number of aromatic nitrogens is 1. The Balaban J connectivity index is 1.87. The zero-order valence-electron chi connectivity index (χ0n) is 12.4. The van der Waals surface area contributed by atoms with Crippen LogP contribution in [0.1, 0.15) is 22.2 Å². The number of carbonyl (C=O) groups excluding carboxylic acids is 1. The summed E-state index contributed by atoms with van der Waals surface area (Å²) in [6.07, 6.45) is 0.634. The fourth-order valence-electron chi connectivity index (χ4n) is 3.24. The van der Waals surface area contributed by atoms with Crippen molar-refractivity contribution in [2.24, 2.45) is 0 Å². The fourth-order valence-corrected chi connectivity index (χ4v) is 4.73. The summed E-state index contributed by atoms with van der Waals surface area (Å²) in [7, 11) is 1.44. The van der Waals surface area contributed by atoms with Crippen LogP contribution in [-0.2, 0) is 16.0 Å². The number of hydrogen-bond acceptors (Lipinski definition) is 4. The molecule has 2 aromatic heterocycles. The summed E-state index contributed by atoms with van der Waals surface area (Å²) in [5.41, 5.74) is 3.44. The highest BCUT2D eigenvalue weighted by molar-refractivity contribution is 9.11. The van der Waals surface area contributed by atoms with Gasteiger partial charge >= 0.3 is 5.97 Å². The lowest BCUT2D eigenvalue weighted by atomic mass is 9.93. The number of methoxy groups -OCH3 is 1. The number of thiophene rings is 1. The minimum absolute atomic E-state index is 0.0356. The number of ether oxygens (including phenoxy) is 1. The van der Waals surface area contributed by atoms with E-state index in [0.717, 1.165) is 15.0 Å². The molecule has 2 atom stereocenters. The van der Waals surface area contributed by atoms with Gasteiger partial charge in [0, 0.05) is 27.9 Å². The molecule has 3 aromatic rings. The zero-order chi connectivity index (χ0) is 16.0. The Morgan fingerprint density at radius 2 is 2.13 bits per heavy atom. The Morgan fingerprint density at radius 3 is 2.87 bits per heavy atom. The van der Waals surface area contributed by atoms with Crippen LogP contribution in [0.3, 0.4) is 0 Å². The summed E-state index contributed by atoms with van der Waals surface area (Å²) in [5.74, 6) is -0.221. The third-order valence-electron chi connectivity index (χ3n) is 4.28. The third-order valence-corrected chi connectivity index (χ3v) is 5.96. The van der Waals surface area contributed by atoms with E-state index in [1.54, 1.807) is 11.3 Å². The first-order chi connectivity index (χ1) is 11.2. The maximum absolute atomic E-state index is 12.1. The average Bonchev–Trinajstić information content (AvgIpc) is 3.16. The second-order valence-corrected chi connectivity index (χ2v) is 8.08. The van der Waals surface area contributed by atoms with Gasteiger partial charge in [0.05, 0.1) is 16.9 Å². The largest absolute Gasteiger partial charge is 0.468 e. The molecule has 4 rings (SSSR count). The van der Waals surface area contributed by atoms with Crippen molar-refractivity contribution in [2.45, 2.75) is 18.5 Å². The second-order valence-electron chi connectivity index (χ2n) is 5.58. The summed E-state index contributed by atoms with van der Waals surface area (Å²) >= 11 is 5.19. The van der Waals surface area contributed by atoms with Gasteiger partial charge in [0.25, 0.3) is 0 Å². The van der Waals surface area contributed by atoms with Crippen molar-refractivity contribution in [1.29, 1.82) is 0 Å². The Labute approximate surface area is 146 Å². The van der Waals surface area contributed by atoms with Crippen molar-refractivity contribution in [3.63, 3.8) is 0 Å². The van der Waals surface area contributed by atoms with Gasteiger partial charge in [-0.1, -0.05) is 18.2 Å². The maximum atomic E-state index is 12.1. The molecule has 0 saturated heterocycles. The van der Waals surface area contributed by atoms with E-state index in [4.69, 9.17) is 4.74 Å². The highest BCUT2D eigenvalue weighted by Crippen LogP contribution is 2.38. The van der Waals surface area contributed by atoms with Gasteiger partial charge in [0.2, 0.25) is 0 Å². The van der Waals surface area contributed by atoms with E-state index in [1.165, 1.54) is 22.9 Å². The van der Waals surface area contributed by atoms with Crippen LogP contribution in [0.15, 0.2) is 40.2 Å². The van der Waals surface area contributed by atoms with E-state index in [0.29, 0.717) is 6.42 Å². The predicted molar refractivity (Wildman–Crippen MR) is 94.8 cm³/mol. The summed E-state index contributed by atoms with van der Waals surface area (Å²) < 4.78 is 6.04. The smallest absolute Gasteiger partial charge is 0.323 e. The second kappa shape index (κ2) is 5.78. The predicted octanol–water partition coefficient (Wildman–Crippen LogP) is 3.77. The van der Waals surface area contributed by atoms with Crippen molar-refractivity contribution < 1.29 is 9.53 Å². The molecule has 0 spiro atoms. The molecule has 23 heavy (non-hydrogen) atoms. The molecule has 0 unspecified atom stereocenters. The number of nitrogens with one attached hydrogen (secondary N) is 2. The van der Waals surface area contributed by atoms with E-state index in [-0.39, 0.29) is 18.1 Å². The molecule has 0 aliphatic carbocycles. The van der Waals surface area contributed by atoms with Gasteiger partial charge in [-0.25, -0.2) is 0 Å². The normalized spacial score (nSPS) is 20.4. The van der Waals surface area contributed by atoms with Crippen molar-refractivity contribution in [2.75, 3.05) is 7.11 Å². The number of aromatic amines is 1. The van der Waals surface area contributed by atoms with Crippen molar-refractivity contribution >= 4 is 44.1 Å². The van der Waals surface area contributed by atoms with Gasteiger partial charge in [-0.05, 0) is 39.7 Å². The molecular weight excluding hydrogens is 376 g/mol. The molecule has 1 aliphatic rings. The number of fused-ring (bicyclic) bond motifs is 3. The molecule has 1 aliphatic heterocycles. The van der Waals surface area contributed by atoms with Gasteiger partial charge in [-0.2, -0.15) is 0 Å². The quantitative estimate of drug-likeness (QED) is 0.654. The molecule has 118 valence electrons. The molecule has 0 fully saturated rings. The van der Waals surface area contributed by atoms with Gasteiger partial charge in [-0.3, -0.25) is 10.1 Å². The molecule has 4 nitrogen and oxygen atoms in total. The topological polar surface area (TPSA) is 54.1 Å². The summed E-state index contributed by atoms with van der Waals surface area (Å²) in [6.45, 7) is 0. The minimum Gasteiger partial charge on any atom is -0.468 e. The van der Waals surface area contributed by atoms with E-state index in [1.807, 2.05) is 18.2 Å². The Bertz CT molecular complexity index is 886. The SMILES string of the molecule is COC(=O)[C@H]1Cc2c([nH]c3ccccc23)[C@H](c2ccc(Br)s2)N1. The summed E-state index contributed by atoms with van der Waals surface area (Å²) in [4.78, 5) is 16.8. The summed E-state index contributed by atoms with van der Waals surface area (Å²) in [6, 6.07) is 12.0. The first kappa shape index (κ1) is 14.9. The van der Waals surface area contributed by atoms with Crippen LogP contribution in [0.2, 0.25) is 0 Å². The van der Waals surface area contributed by atoms with Gasteiger partial charge < -0.3 is 9.72 Å². The number of halogens is 1. The maximum Gasteiger partial charge on any atom is 0.323 e. The number of benzene rings is 1. The molecule has 0 saturated carbocycles. The fraction of sp³-hybridized carbons (Fsp3) is 0.235. The molecule has 0 radical (unpaired) electrons. The minimum atomic E-state index is -0.336. The van der Waals surface area contributed by atoms with Crippen LogP contribution >= 0.6 is 27.3 Å². The van der Waals surface area contributed by atoms with E-state index < -0.39 is 0 Å². The van der Waals surface area contributed by atoms with Crippen LogP contribution < -0.4 is 5.32 Å². The molecule has 6 heteroatoms. The van der Waals surface area contributed by atoms with Crippen molar-refractivity contribution in [3.05, 3.63) is 56.3 Å². The average molecular weight is 391 g/mol. The van der Waals surface area contributed by atoms with Crippen molar-refractivity contribution in [1.82, 2.24) is 10.3 Å². The standard InChI is InChI=1S/C17H15BrN2O2S/c1-22-17(21)12-8-10-9-4-2-3-5-11(9)19-15(10)16(20-12)13-6-7-14(18)23-13/h2-7,12,16,19-20H,8H2,1H3/t12-,16+/m1/s1. The first-order valence-corrected chi connectivity index (χ1v) is 8.97. The van der Waals surface area contributed by atoms with E-state index >= 15 is 0 Å². The Kier molecular flexibility index (Phi) is 3.75. The summed E-state index contributed by atoms with van der Waals surface area (Å²) in [5, 5.41) is 4.61. The van der Waals surface area contributed by atoms with E-state index in [9.17, 15) is 4.79 Å². The first-order valence-electron chi connectivity index (χ1n) is 7.36. The van der Waals surface area contributed by atoms with E-state index in [2.05, 4.69) is 44.4 Å². The van der Waals surface area contributed by atoms with Crippen LogP contribution in [0, 0.1) is 0 Å². The number of rotatable bonds is 2. The lowest BCUT2D eigenvalue weighted by molar-refractivity contribution is -0.143. The van der Waals surface area contributed by atoms with Gasteiger partial charge in [0.1, 0.15) is 6.04 Å². The Hall–Kier alpha value is -1.63. The van der Waals surface area contributed by atoms with Crippen LogP contribution in [0.4, 0.5) is 0 Å². The number of esters is 1. The molecule has 2 N–H and O–H groups in total. The molecule has 0 amide bonds. The molecule has 1 aromatic carbocycles. The molecule has 0 bridgehead atoms. The van der Waals surface area contributed by atoms with Crippen LogP contribution in [0.5, 0.6) is 0 Å². The lowest BCUT2D eigenvalue weighted by Gasteiger charge is -2.29. The van der Waals surface area contributed by atoms with Crippen LogP contribution in [-0.4, -0.2) is 24.1 Å². The van der Waals surface area contributed by atoms with Crippen LogP contribution in [0.25, 0.3) is 10.9 Å². The number of hydrogen-bond donors (Lipinski definition) is 2. The Morgan fingerprint density at radius 1 is 1.30 bits per heavy atom. The van der Waals surface area contributed by atoms with Gasteiger partial charge in [-0.15, -0.1) is 11.3 Å². The lowest BCUT2D eigenvalue weighted by Crippen LogP contribution is -2.45. The zero-order valence-corrected chi connectivity index (χ0v) is 14.8.